The molecule has 13 nitrogen and oxygen atoms in total. The van der Waals surface area contributed by atoms with Gasteiger partial charge in [0.05, 0.1) is 26.3 Å². The molecule has 0 radical (unpaired) electrons. The minimum absolute atomic E-state index is 0.131. The molecule has 2 heterocycles. The molecule has 0 saturated carbocycles. The third kappa shape index (κ3) is 6.66. The van der Waals surface area contributed by atoms with Gasteiger partial charge in [-0.1, -0.05) is 9.19 Å². The Labute approximate surface area is 194 Å². The van der Waals surface area contributed by atoms with Gasteiger partial charge in [-0.3, -0.25) is 0 Å². The van der Waals surface area contributed by atoms with Gasteiger partial charge in [0.15, 0.2) is 6.29 Å². The molecule has 0 aromatic carbocycles. The minimum Gasteiger partial charge on any atom is -0.394 e. The molecule has 0 aliphatic carbocycles. The summed E-state index contributed by atoms with van der Waals surface area (Å²) in [6.45, 7) is -1.11. The highest BCUT2D eigenvalue weighted by molar-refractivity contribution is 7.36. The van der Waals surface area contributed by atoms with Crippen LogP contribution in [0.25, 0.3) is 0 Å². The minimum atomic E-state index is -2.56. The zero-order valence-electron chi connectivity index (χ0n) is 16.8. The lowest BCUT2D eigenvalue weighted by molar-refractivity contribution is -0.352. The number of halogens is 2. The van der Waals surface area contributed by atoms with Crippen LogP contribution in [0.4, 0.5) is 0 Å². The Balaban J connectivity index is 2.09. The van der Waals surface area contributed by atoms with Gasteiger partial charge in [-0.15, -0.1) is 23.2 Å². The van der Waals surface area contributed by atoms with Crippen LogP contribution in [0.5, 0.6) is 0 Å². The van der Waals surface area contributed by atoms with Crippen LogP contribution in [-0.4, -0.2) is 140 Å². The number of aliphatic hydroxyl groups is 7. The molecule has 16 heteroatoms. The van der Waals surface area contributed by atoms with Crippen molar-refractivity contribution < 1.29 is 59.0 Å². The van der Waals surface area contributed by atoms with Crippen molar-refractivity contribution in [2.24, 2.45) is 0 Å². The maximum atomic E-state index is 12.5. The van der Waals surface area contributed by atoms with Crippen LogP contribution in [0.3, 0.4) is 0 Å². The summed E-state index contributed by atoms with van der Waals surface area (Å²) in [7, 11) is -2.56. The summed E-state index contributed by atoms with van der Waals surface area (Å²) in [5.74, 6) is 0.263. The van der Waals surface area contributed by atoms with Gasteiger partial charge < -0.3 is 50.0 Å². The lowest BCUT2D eigenvalue weighted by Crippen LogP contribution is -2.64. The van der Waals surface area contributed by atoms with E-state index in [0.717, 1.165) is 0 Å². The van der Waals surface area contributed by atoms with E-state index in [1.807, 2.05) is 0 Å². The van der Waals surface area contributed by atoms with Crippen LogP contribution in [-0.2, 0) is 23.3 Å². The van der Waals surface area contributed by atoms with E-state index in [9.17, 15) is 40.3 Å². The monoisotopic (exact) mass is 528 g/mol. The second kappa shape index (κ2) is 13.3. The Hall–Kier alpha value is 0.200. The van der Waals surface area contributed by atoms with Crippen LogP contribution < -0.4 is 0 Å². The van der Waals surface area contributed by atoms with Crippen molar-refractivity contribution in [3.05, 3.63) is 0 Å². The molecule has 0 aromatic heterocycles. The van der Waals surface area contributed by atoms with Crippen molar-refractivity contribution >= 4 is 31.4 Å². The molecule has 2 aliphatic heterocycles. The molecular formula is C16H29Cl2NO12P+. The summed E-state index contributed by atoms with van der Waals surface area (Å²) < 4.78 is 35.0. The SMILES string of the molecule is O=[P+](O[C@H]1O[C@H](CO)[C@@H](O[C@@H]2O[C@H](CO)[C@H](O)[C@H](O)[C@H]2O)[C@H](O)[C@H]1O)N(CCCl)CCCl. The topological polar surface area (TPSA) is 199 Å². The Morgan fingerprint density at radius 1 is 0.781 bits per heavy atom. The molecule has 0 bridgehead atoms. The molecule has 2 saturated heterocycles. The summed E-state index contributed by atoms with van der Waals surface area (Å²) in [4.78, 5) is 0. The van der Waals surface area contributed by atoms with Crippen molar-refractivity contribution in [2.75, 3.05) is 38.1 Å². The number of hydrogen-bond acceptors (Lipinski definition) is 12. The maximum Gasteiger partial charge on any atom is 0.618 e. The molecule has 11 atom stereocenters. The fourth-order valence-corrected chi connectivity index (χ4v) is 4.92. The van der Waals surface area contributed by atoms with E-state index in [1.54, 1.807) is 0 Å². The lowest BCUT2D eigenvalue weighted by atomic mass is 9.97. The second-order valence-corrected chi connectivity index (χ2v) is 9.19. The van der Waals surface area contributed by atoms with Crippen LogP contribution in [0.15, 0.2) is 0 Å². The number of aliphatic hydroxyl groups excluding tert-OH is 7. The van der Waals surface area contributed by atoms with Gasteiger partial charge in [0.2, 0.25) is 6.29 Å². The summed E-state index contributed by atoms with van der Waals surface area (Å²) in [5, 5.41) is 69.7. The first-order valence-electron chi connectivity index (χ1n) is 9.79. The van der Waals surface area contributed by atoms with Crippen molar-refractivity contribution in [3.63, 3.8) is 0 Å². The molecule has 2 rings (SSSR count). The van der Waals surface area contributed by atoms with Crippen molar-refractivity contribution in [1.82, 2.24) is 4.67 Å². The molecule has 0 aromatic rings. The summed E-state index contributed by atoms with van der Waals surface area (Å²) in [6.07, 6.45) is -16.1. The predicted octanol–water partition coefficient (Wildman–Crippen LogP) is -2.94. The summed E-state index contributed by atoms with van der Waals surface area (Å²) in [6, 6.07) is 0. The Bertz CT molecular complexity index is 587. The first-order valence-corrected chi connectivity index (χ1v) is 12.0. The highest BCUT2D eigenvalue weighted by Gasteiger charge is 2.53. The Morgan fingerprint density at radius 2 is 1.31 bits per heavy atom. The number of hydrogen-bond donors (Lipinski definition) is 7. The number of alkyl halides is 2. The molecule has 0 spiro atoms. The van der Waals surface area contributed by atoms with E-state index >= 15 is 0 Å². The average molecular weight is 529 g/mol. The zero-order chi connectivity index (χ0) is 24.0. The van der Waals surface area contributed by atoms with E-state index in [0.29, 0.717) is 0 Å². The molecule has 188 valence electrons. The molecule has 2 fully saturated rings. The second-order valence-electron chi connectivity index (χ2n) is 7.18. The van der Waals surface area contributed by atoms with Gasteiger partial charge in [-0.25, -0.2) is 0 Å². The predicted molar refractivity (Wildman–Crippen MR) is 108 cm³/mol. The van der Waals surface area contributed by atoms with Crippen LogP contribution in [0.1, 0.15) is 0 Å². The van der Waals surface area contributed by atoms with E-state index in [4.69, 9.17) is 41.9 Å². The van der Waals surface area contributed by atoms with E-state index in [2.05, 4.69) is 0 Å². The van der Waals surface area contributed by atoms with Gasteiger partial charge in [0.25, 0.3) is 0 Å². The standard InChI is InChI=1S/C16H29Cl2NO12P/c17-1-3-19(4-2-18)32(27)31-16-13(26)11(24)14(8(6-21)29-16)30-15-12(25)10(23)9(22)7(5-20)28-15/h7-16,20-26H,1-6H2/q+1/t7-,8-,9+,10+,11-,12-,13-,14-,15+,16-/m1/s1. The summed E-state index contributed by atoms with van der Waals surface area (Å²) >= 11 is 11.3. The molecule has 1 unspecified atom stereocenters. The Morgan fingerprint density at radius 3 is 1.84 bits per heavy atom. The Kier molecular flexibility index (Phi) is 11.8. The first-order chi connectivity index (χ1) is 15.2. The molecular weight excluding hydrogens is 500 g/mol. The van der Waals surface area contributed by atoms with Gasteiger partial charge in [0, 0.05) is 11.8 Å². The normalized spacial score (nSPS) is 41.1. The number of nitrogens with zero attached hydrogens (tertiary/aromatic N) is 1. The van der Waals surface area contributed by atoms with E-state index in [-0.39, 0.29) is 24.8 Å². The third-order valence-electron chi connectivity index (χ3n) is 5.07. The first kappa shape index (κ1) is 28.4. The van der Waals surface area contributed by atoms with Gasteiger partial charge in [-0.05, 0) is 4.57 Å². The number of ether oxygens (including phenoxy) is 3. The molecule has 7 N–H and O–H groups in total. The quantitative estimate of drug-likeness (QED) is 0.106. The smallest absolute Gasteiger partial charge is 0.394 e. The maximum absolute atomic E-state index is 12.5. The van der Waals surface area contributed by atoms with E-state index < -0.39 is 82.8 Å². The van der Waals surface area contributed by atoms with Crippen LogP contribution in [0, 0.1) is 0 Å². The zero-order valence-corrected chi connectivity index (χ0v) is 19.2. The van der Waals surface area contributed by atoms with Crippen molar-refractivity contribution in [1.29, 1.82) is 0 Å². The van der Waals surface area contributed by atoms with Gasteiger partial charge in [0.1, 0.15) is 48.8 Å². The highest BCUT2D eigenvalue weighted by Crippen LogP contribution is 2.36. The van der Waals surface area contributed by atoms with Crippen molar-refractivity contribution in [3.8, 4) is 0 Å². The molecule has 32 heavy (non-hydrogen) atoms. The lowest BCUT2D eigenvalue weighted by Gasteiger charge is -2.45. The third-order valence-corrected chi connectivity index (χ3v) is 6.66. The molecule has 2 aliphatic rings. The fourth-order valence-electron chi connectivity index (χ4n) is 3.27. The fraction of sp³-hybridized carbons (Fsp3) is 1.00. The summed E-state index contributed by atoms with van der Waals surface area (Å²) in [5.41, 5.74) is 0. The van der Waals surface area contributed by atoms with Crippen molar-refractivity contribution in [2.45, 2.75) is 61.4 Å². The van der Waals surface area contributed by atoms with Gasteiger partial charge >= 0.3 is 8.18 Å². The highest BCUT2D eigenvalue weighted by atomic mass is 35.5. The number of rotatable bonds is 11. The van der Waals surface area contributed by atoms with E-state index in [1.165, 1.54) is 4.67 Å². The molecule has 0 amide bonds. The largest absolute Gasteiger partial charge is 0.618 e. The van der Waals surface area contributed by atoms with Crippen LogP contribution >= 0.6 is 31.4 Å². The van der Waals surface area contributed by atoms with Gasteiger partial charge in [-0.2, -0.15) is 0 Å². The van der Waals surface area contributed by atoms with Crippen LogP contribution in [0.2, 0.25) is 0 Å². The average Bonchev–Trinajstić information content (AvgIpc) is 2.78.